The highest BCUT2D eigenvalue weighted by molar-refractivity contribution is 7.88. The van der Waals surface area contributed by atoms with E-state index in [0.29, 0.717) is 24.3 Å². The van der Waals surface area contributed by atoms with Gasteiger partial charge in [-0.25, -0.2) is 13.1 Å². The van der Waals surface area contributed by atoms with Gasteiger partial charge in [0.25, 0.3) is 0 Å². The van der Waals surface area contributed by atoms with Gasteiger partial charge in [0.15, 0.2) is 0 Å². The third kappa shape index (κ3) is 4.75. The van der Waals surface area contributed by atoms with Gasteiger partial charge >= 0.3 is 0 Å². The maximum atomic E-state index is 11.7. The van der Waals surface area contributed by atoms with Crippen molar-refractivity contribution >= 4 is 10.0 Å². The smallest absolute Gasteiger partial charge is 0.208 e. The van der Waals surface area contributed by atoms with Gasteiger partial charge in [0.2, 0.25) is 10.0 Å². The molecule has 8 heteroatoms. The van der Waals surface area contributed by atoms with E-state index in [4.69, 9.17) is 14.7 Å². The Morgan fingerprint density at radius 1 is 1.24 bits per heavy atom. The van der Waals surface area contributed by atoms with E-state index < -0.39 is 10.0 Å². The predicted molar refractivity (Wildman–Crippen MR) is 108 cm³/mol. The van der Waals surface area contributed by atoms with Crippen molar-refractivity contribution < 1.29 is 17.9 Å². The minimum absolute atomic E-state index is 0.0233. The second kappa shape index (κ2) is 8.11. The number of benzene rings is 1. The lowest BCUT2D eigenvalue weighted by atomic mass is 9.91. The first kappa shape index (κ1) is 19.8. The molecule has 2 aromatic rings. The second-order valence-corrected chi connectivity index (χ2v) is 9.43. The van der Waals surface area contributed by atoms with Crippen LogP contribution in [0.3, 0.4) is 0 Å². The van der Waals surface area contributed by atoms with E-state index >= 15 is 0 Å². The fourth-order valence-corrected chi connectivity index (χ4v) is 4.94. The molecule has 7 nitrogen and oxygen atoms in total. The molecule has 2 aliphatic rings. The van der Waals surface area contributed by atoms with Crippen molar-refractivity contribution in [2.24, 2.45) is 5.92 Å². The molecule has 2 saturated heterocycles. The number of ether oxygens (including phenoxy) is 2. The highest BCUT2D eigenvalue weighted by Crippen LogP contribution is 2.37. The zero-order chi connectivity index (χ0) is 20.4. The van der Waals surface area contributed by atoms with Crippen LogP contribution in [0.1, 0.15) is 24.8 Å². The molecule has 4 atom stereocenters. The predicted octanol–water partition coefficient (Wildman–Crippen LogP) is 2.48. The highest BCUT2D eigenvalue weighted by atomic mass is 32.2. The van der Waals surface area contributed by atoms with Crippen LogP contribution in [-0.4, -0.2) is 44.5 Å². The molecule has 152 valence electrons. The molecule has 3 heterocycles. The quantitative estimate of drug-likeness (QED) is 0.781. The van der Waals surface area contributed by atoms with Crippen molar-refractivity contribution in [1.82, 2.24) is 9.71 Å². The summed E-state index contributed by atoms with van der Waals surface area (Å²) in [6, 6.07) is 13.0. The van der Waals surface area contributed by atoms with Crippen LogP contribution in [0.25, 0.3) is 11.3 Å². The lowest BCUT2D eigenvalue weighted by Gasteiger charge is -2.36. The maximum Gasteiger partial charge on any atom is 0.208 e. The Labute approximate surface area is 170 Å². The Morgan fingerprint density at radius 3 is 2.69 bits per heavy atom. The number of nitrogens with one attached hydrogen (secondary N) is 1. The number of hydrogen-bond donors (Lipinski definition) is 1. The average Bonchev–Trinajstić information content (AvgIpc) is 3.09. The molecule has 1 aromatic carbocycles. The van der Waals surface area contributed by atoms with Crippen LogP contribution < -0.4 is 9.46 Å². The molecule has 1 N–H and O–H groups in total. The Kier molecular flexibility index (Phi) is 5.54. The Morgan fingerprint density at radius 2 is 2.03 bits per heavy atom. The van der Waals surface area contributed by atoms with Gasteiger partial charge in [0.05, 0.1) is 36.3 Å². The summed E-state index contributed by atoms with van der Waals surface area (Å²) in [6.07, 6.45) is 5.48. The van der Waals surface area contributed by atoms with Crippen LogP contribution in [0.5, 0.6) is 5.75 Å². The van der Waals surface area contributed by atoms with Gasteiger partial charge in [-0.05, 0) is 55.7 Å². The van der Waals surface area contributed by atoms with Crippen molar-refractivity contribution in [3.63, 3.8) is 0 Å². The summed E-state index contributed by atoms with van der Waals surface area (Å²) in [4.78, 5) is 4.29. The second-order valence-electron chi connectivity index (χ2n) is 7.65. The van der Waals surface area contributed by atoms with Crippen LogP contribution in [-0.2, 0) is 14.8 Å². The highest BCUT2D eigenvalue weighted by Gasteiger charge is 2.44. The van der Waals surface area contributed by atoms with Gasteiger partial charge < -0.3 is 9.47 Å². The zero-order valence-corrected chi connectivity index (χ0v) is 16.9. The molecule has 0 radical (unpaired) electrons. The molecule has 29 heavy (non-hydrogen) atoms. The summed E-state index contributed by atoms with van der Waals surface area (Å²) in [5.41, 5.74) is 2.23. The van der Waals surface area contributed by atoms with Gasteiger partial charge in [-0.3, -0.25) is 4.98 Å². The van der Waals surface area contributed by atoms with Crippen LogP contribution in [0.2, 0.25) is 0 Å². The molecule has 4 rings (SSSR count). The van der Waals surface area contributed by atoms with E-state index in [1.54, 1.807) is 12.3 Å². The molecule has 0 spiro atoms. The summed E-state index contributed by atoms with van der Waals surface area (Å²) in [7, 11) is -3.29. The van der Waals surface area contributed by atoms with E-state index in [0.717, 1.165) is 24.1 Å². The first-order valence-electron chi connectivity index (χ1n) is 9.63. The van der Waals surface area contributed by atoms with Gasteiger partial charge in [-0.1, -0.05) is 0 Å². The maximum absolute atomic E-state index is 11.7. The van der Waals surface area contributed by atoms with Crippen molar-refractivity contribution in [3.05, 3.63) is 48.2 Å². The number of fused-ring (bicyclic) bond motifs is 2. The zero-order valence-electron chi connectivity index (χ0n) is 16.1. The molecule has 0 aliphatic carbocycles. The summed E-state index contributed by atoms with van der Waals surface area (Å²) in [5.74, 6) is 0.684. The van der Waals surface area contributed by atoms with E-state index in [-0.39, 0.29) is 24.2 Å². The minimum Gasteiger partial charge on any atom is -0.493 e. The molecule has 2 bridgehead atoms. The van der Waals surface area contributed by atoms with Crippen LogP contribution in [0.4, 0.5) is 0 Å². The van der Waals surface area contributed by atoms with Crippen molar-refractivity contribution in [2.45, 2.75) is 37.5 Å². The third-order valence-electron chi connectivity index (χ3n) is 5.50. The summed E-state index contributed by atoms with van der Waals surface area (Å²) in [6.45, 7) is 0.388. The number of sulfonamides is 1. The number of pyridine rings is 1. The molecule has 2 aliphatic heterocycles. The minimum atomic E-state index is -3.29. The molecule has 1 aromatic heterocycles. The largest absolute Gasteiger partial charge is 0.493 e. The van der Waals surface area contributed by atoms with Crippen LogP contribution in [0.15, 0.2) is 42.6 Å². The van der Waals surface area contributed by atoms with Crippen LogP contribution in [0, 0.1) is 17.2 Å². The molecule has 0 saturated carbocycles. The van der Waals surface area contributed by atoms with Gasteiger partial charge in [0.1, 0.15) is 11.8 Å². The van der Waals surface area contributed by atoms with Crippen molar-refractivity contribution in [3.8, 4) is 23.1 Å². The van der Waals surface area contributed by atoms with Gasteiger partial charge in [0, 0.05) is 23.7 Å². The van der Waals surface area contributed by atoms with Crippen LogP contribution >= 0.6 is 0 Å². The Balaban J connectivity index is 1.42. The Bertz CT molecular complexity index is 1000. The topological polar surface area (TPSA) is 101 Å². The number of hydrogen-bond acceptors (Lipinski definition) is 6. The molecular weight excluding hydrogens is 390 g/mol. The normalized spacial score (nSPS) is 26.1. The first-order chi connectivity index (χ1) is 13.9. The average molecular weight is 413 g/mol. The van der Waals surface area contributed by atoms with Gasteiger partial charge in [-0.15, -0.1) is 0 Å². The van der Waals surface area contributed by atoms with E-state index in [9.17, 15) is 8.42 Å². The third-order valence-corrected chi connectivity index (χ3v) is 6.23. The van der Waals surface area contributed by atoms with Crippen molar-refractivity contribution in [1.29, 1.82) is 5.26 Å². The number of rotatable bonds is 6. The molecule has 0 amide bonds. The first-order valence-corrected chi connectivity index (χ1v) is 11.5. The van der Waals surface area contributed by atoms with E-state index in [2.05, 4.69) is 15.8 Å². The SMILES string of the molecule is CS(=O)(=O)N[C@H]1C[C@H]2CC[C@H](O2)[C@@H]1COc1ccc(-c2ccc(C#N)cn2)cc1. The standard InChI is InChI=1S/C21H23N3O4S/c1-29(25,26)24-20-10-17-7-9-21(28-17)18(20)13-27-16-5-3-15(4-6-16)19-8-2-14(11-22)12-23-19/h2-6,8,12,17-18,20-21,24H,7,9-10,13H2,1H3/t17-,18-,20+,21+/m1/s1. The molecule has 2 fully saturated rings. The molecular formula is C21H23N3O4S. The number of nitrogens with zero attached hydrogens (tertiary/aromatic N) is 2. The lowest BCUT2D eigenvalue weighted by Crippen LogP contribution is -2.50. The summed E-state index contributed by atoms with van der Waals surface area (Å²) >= 11 is 0. The number of nitriles is 1. The molecule has 0 unspecified atom stereocenters. The van der Waals surface area contributed by atoms with Gasteiger partial charge in [-0.2, -0.15) is 5.26 Å². The lowest BCUT2D eigenvalue weighted by molar-refractivity contribution is -0.0569. The Hall–Kier alpha value is -2.47. The fraction of sp³-hybridized carbons (Fsp3) is 0.429. The fourth-order valence-electron chi connectivity index (χ4n) is 4.12. The summed E-state index contributed by atoms with van der Waals surface area (Å²) < 4.78 is 38.2. The summed E-state index contributed by atoms with van der Waals surface area (Å²) in [5, 5.41) is 8.87. The monoisotopic (exact) mass is 413 g/mol. The van der Waals surface area contributed by atoms with E-state index in [1.807, 2.05) is 30.3 Å². The van der Waals surface area contributed by atoms with E-state index in [1.165, 1.54) is 6.26 Å². The number of aromatic nitrogens is 1. The van der Waals surface area contributed by atoms with Crippen molar-refractivity contribution in [2.75, 3.05) is 12.9 Å².